The second-order valence-electron chi connectivity index (χ2n) is 4.69. The first-order valence-electron chi connectivity index (χ1n) is 6.10. The molecule has 4 nitrogen and oxygen atoms in total. The van der Waals surface area contributed by atoms with Crippen LogP contribution in [-0.4, -0.2) is 17.1 Å². The van der Waals surface area contributed by atoms with Gasteiger partial charge in [-0.15, -0.1) is 0 Å². The van der Waals surface area contributed by atoms with E-state index < -0.39 is 23.6 Å². The molecule has 0 aliphatic heterocycles. The van der Waals surface area contributed by atoms with Gasteiger partial charge in [-0.1, -0.05) is 12.2 Å². The van der Waals surface area contributed by atoms with Crippen LogP contribution in [0.2, 0.25) is 0 Å². The lowest BCUT2D eigenvalue weighted by molar-refractivity contribution is -0.140. The van der Waals surface area contributed by atoms with E-state index in [2.05, 4.69) is 5.32 Å². The maximum Gasteiger partial charge on any atom is 0.416 e. The molecule has 2 unspecified atom stereocenters. The molecule has 0 saturated carbocycles. The Bertz CT molecular complexity index is 632. The number of aliphatic carboxylic acids is 1. The van der Waals surface area contributed by atoms with Crippen LogP contribution >= 0.6 is 0 Å². The molecule has 2 N–H and O–H groups in total. The number of carboxylic acid groups (broad SMARTS) is 1. The van der Waals surface area contributed by atoms with Crippen LogP contribution in [0.1, 0.15) is 17.5 Å². The van der Waals surface area contributed by atoms with Gasteiger partial charge in [0.15, 0.2) is 0 Å². The molecule has 21 heavy (non-hydrogen) atoms. The van der Waals surface area contributed by atoms with Gasteiger partial charge in [0.1, 0.15) is 6.07 Å². The molecule has 1 aromatic carbocycles. The molecule has 7 heteroatoms. The van der Waals surface area contributed by atoms with Crippen LogP contribution in [0, 0.1) is 17.2 Å². The summed E-state index contributed by atoms with van der Waals surface area (Å²) in [6.07, 6.45) is -1.05. The Labute approximate surface area is 118 Å². The molecule has 1 aromatic rings. The summed E-state index contributed by atoms with van der Waals surface area (Å²) < 4.78 is 37.7. The van der Waals surface area contributed by atoms with Crippen LogP contribution in [0.3, 0.4) is 0 Å². The summed E-state index contributed by atoms with van der Waals surface area (Å²) in [7, 11) is 0. The minimum Gasteiger partial charge on any atom is -0.481 e. The number of nitrogens with one attached hydrogen (secondary N) is 1. The van der Waals surface area contributed by atoms with Crippen molar-refractivity contribution in [2.75, 3.05) is 5.32 Å². The predicted octanol–water partition coefficient (Wildman–Crippen LogP) is 3.02. The van der Waals surface area contributed by atoms with Gasteiger partial charge in [-0.25, -0.2) is 0 Å². The lowest BCUT2D eigenvalue weighted by Crippen LogP contribution is -2.19. The van der Waals surface area contributed by atoms with Gasteiger partial charge in [-0.2, -0.15) is 18.4 Å². The van der Waals surface area contributed by atoms with Gasteiger partial charge < -0.3 is 10.4 Å². The highest BCUT2D eigenvalue weighted by Gasteiger charge is 2.31. The fourth-order valence-electron chi connectivity index (χ4n) is 2.13. The standard InChI is InChI=1S/C14H11F3N2O2/c15-14(16,17)10-2-4-12(9(5-10)7-18)19-11-3-1-8(6-11)13(20)21/h1-5,8,11,19H,6H2,(H,20,21). The molecule has 0 radical (unpaired) electrons. The number of alkyl halides is 3. The van der Waals surface area contributed by atoms with Crippen molar-refractivity contribution in [3.8, 4) is 6.07 Å². The molecule has 0 aromatic heterocycles. The smallest absolute Gasteiger partial charge is 0.416 e. The number of halogens is 3. The lowest BCUT2D eigenvalue weighted by atomic mass is 10.1. The molecule has 2 rings (SSSR count). The fraction of sp³-hybridized carbons (Fsp3) is 0.286. The summed E-state index contributed by atoms with van der Waals surface area (Å²) in [4.78, 5) is 10.8. The quantitative estimate of drug-likeness (QED) is 0.841. The molecular formula is C14H11F3N2O2. The number of carboxylic acids is 1. The summed E-state index contributed by atoms with van der Waals surface area (Å²) >= 11 is 0. The fourth-order valence-corrected chi connectivity index (χ4v) is 2.13. The second-order valence-corrected chi connectivity index (χ2v) is 4.69. The molecule has 2 atom stereocenters. The molecule has 0 fully saturated rings. The van der Waals surface area contributed by atoms with Gasteiger partial charge in [0.05, 0.1) is 22.7 Å². The number of carbonyl (C=O) groups is 1. The number of nitriles is 1. The topological polar surface area (TPSA) is 73.1 Å². The van der Waals surface area contributed by atoms with Gasteiger partial charge >= 0.3 is 12.1 Å². The molecule has 0 spiro atoms. The number of anilines is 1. The van der Waals surface area contributed by atoms with Gasteiger partial charge in [-0.05, 0) is 24.6 Å². The molecule has 1 aliphatic rings. The van der Waals surface area contributed by atoms with E-state index in [1.54, 1.807) is 12.1 Å². The maximum atomic E-state index is 12.6. The number of rotatable bonds is 3. The molecule has 110 valence electrons. The highest BCUT2D eigenvalue weighted by atomic mass is 19.4. The molecule has 0 amide bonds. The summed E-state index contributed by atoms with van der Waals surface area (Å²) in [5, 5.41) is 20.7. The Morgan fingerprint density at radius 2 is 2.10 bits per heavy atom. The predicted molar refractivity (Wildman–Crippen MR) is 68.5 cm³/mol. The van der Waals surface area contributed by atoms with E-state index in [4.69, 9.17) is 10.4 Å². The van der Waals surface area contributed by atoms with Crippen LogP contribution < -0.4 is 5.32 Å². The van der Waals surface area contributed by atoms with E-state index in [9.17, 15) is 18.0 Å². The first kappa shape index (κ1) is 14.9. The number of hydrogen-bond acceptors (Lipinski definition) is 3. The van der Waals surface area contributed by atoms with E-state index in [0.29, 0.717) is 6.42 Å². The van der Waals surface area contributed by atoms with E-state index >= 15 is 0 Å². The minimum absolute atomic E-state index is 0.128. The van der Waals surface area contributed by atoms with Crippen molar-refractivity contribution >= 4 is 11.7 Å². The van der Waals surface area contributed by atoms with E-state index in [1.807, 2.05) is 0 Å². The van der Waals surface area contributed by atoms with Crippen molar-refractivity contribution in [3.63, 3.8) is 0 Å². The zero-order chi connectivity index (χ0) is 15.6. The molecule has 0 bridgehead atoms. The van der Waals surface area contributed by atoms with Gasteiger partial charge in [-0.3, -0.25) is 4.79 Å². The first-order valence-corrected chi connectivity index (χ1v) is 6.10. The normalized spacial score (nSPS) is 21.0. The summed E-state index contributed by atoms with van der Waals surface area (Å²) in [6, 6.07) is 4.23. The Kier molecular flexibility index (Phi) is 3.89. The van der Waals surface area contributed by atoms with Crippen molar-refractivity contribution in [2.45, 2.75) is 18.6 Å². The average Bonchev–Trinajstić information content (AvgIpc) is 2.86. The second kappa shape index (κ2) is 5.48. The van der Waals surface area contributed by atoms with E-state index in [1.165, 1.54) is 12.1 Å². The Balaban J connectivity index is 2.17. The average molecular weight is 296 g/mol. The van der Waals surface area contributed by atoms with Crippen molar-refractivity contribution in [1.29, 1.82) is 5.26 Å². The third-order valence-electron chi connectivity index (χ3n) is 3.21. The van der Waals surface area contributed by atoms with Gasteiger partial charge in [0, 0.05) is 6.04 Å². The lowest BCUT2D eigenvalue weighted by Gasteiger charge is -2.16. The van der Waals surface area contributed by atoms with Gasteiger partial charge in [0.25, 0.3) is 0 Å². The molecule has 0 heterocycles. The van der Waals surface area contributed by atoms with E-state index in [-0.39, 0.29) is 17.3 Å². The summed E-state index contributed by atoms with van der Waals surface area (Å²) in [6.45, 7) is 0. The zero-order valence-corrected chi connectivity index (χ0v) is 10.7. The third-order valence-corrected chi connectivity index (χ3v) is 3.21. The SMILES string of the molecule is N#Cc1cc(C(F)(F)F)ccc1NC1C=CC(C(=O)O)C1. The minimum atomic E-state index is -4.51. The third kappa shape index (κ3) is 3.34. The largest absolute Gasteiger partial charge is 0.481 e. The van der Waals surface area contributed by atoms with Crippen LogP contribution in [0.4, 0.5) is 18.9 Å². The van der Waals surface area contributed by atoms with Gasteiger partial charge in [0.2, 0.25) is 0 Å². The van der Waals surface area contributed by atoms with Crippen LogP contribution in [0.5, 0.6) is 0 Å². The van der Waals surface area contributed by atoms with Crippen molar-refractivity contribution in [2.24, 2.45) is 5.92 Å². The number of hydrogen-bond donors (Lipinski definition) is 2. The van der Waals surface area contributed by atoms with E-state index in [0.717, 1.165) is 12.1 Å². The highest BCUT2D eigenvalue weighted by Crippen LogP contribution is 2.32. The Hall–Kier alpha value is -2.49. The monoisotopic (exact) mass is 296 g/mol. The van der Waals surface area contributed by atoms with Crippen LogP contribution in [0.25, 0.3) is 0 Å². The first-order chi connectivity index (χ1) is 9.81. The van der Waals surface area contributed by atoms with Crippen molar-refractivity contribution in [3.05, 3.63) is 41.5 Å². The zero-order valence-electron chi connectivity index (χ0n) is 10.7. The molecular weight excluding hydrogens is 285 g/mol. The Morgan fingerprint density at radius 3 is 2.62 bits per heavy atom. The van der Waals surface area contributed by atoms with Crippen molar-refractivity contribution < 1.29 is 23.1 Å². The molecule has 1 aliphatic carbocycles. The van der Waals surface area contributed by atoms with Crippen LogP contribution in [-0.2, 0) is 11.0 Å². The summed E-state index contributed by atoms with van der Waals surface area (Å²) in [5.41, 5.74) is -0.766. The highest BCUT2D eigenvalue weighted by molar-refractivity contribution is 5.73. The summed E-state index contributed by atoms with van der Waals surface area (Å²) in [5.74, 6) is -1.58. The van der Waals surface area contributed by atoms with Crippen molar-refractivity contribution in [1.82, 2.24) is 0 Å². The number of nitrogens with zero attached hydrogens (tertiary/aromatic N) is 1. The Morgan fingerprint density at radius 1 is 1.38 bits per heavy atom. The number of benzene rings is 1. The molecule has 0 saturated heterocycles. The maximum absolute atomic E-state index is 12.6. The van der Waals surface area contributed by atoms with Crippen LogP contribution in [0.15, 0.2) is 30.4 Å².